The highest BCUT2D eigenvalue weighted by Crippen LogP contribution is 2.29. The van der Waals surface area contributed by atoms with E-state index < -0.39 is 63.8 Å². The Morgan fingerprint density at radius 1 is 0.870 bits per heavy atom. The van der Waals surface area contributed by atoms with Gasteiger partial charge in [-0.15, -0.1) is 12.6 Å². The summed E-state index contributed by atoms with van der Waals surface area (Å²) in [5.41, 5.74) is 0. The van der Waals surface area contributed by atoms with Gasteiger partial charge in [-0.2, -0.15) is 0 Å². The summed E-state index contributed by atoms with van der Waals surface area (Å²) in [4.78, 5) is -3.80. The molecular formula is C12H6F4O4S3. The normalized spacial score (nSPS) is 13.1. The van der Waals surface area contributed by atoms with Gasteiger partial charge in [0.15, 0.2) is 11.1 Å². The van der Waals surface area contributed by atoms with Crippen molar-refractivity contribution in [2.75, 3.05) is 0 Å². The third-order valence-electron chi connectivity index (χ3n) is 2.76. The third kappa shape index (κ3) is 3.27. The second-order valence-corrected chi connectivity index (χ2v) is 7.51. The van der Waals surface area contributed by atoms with Crippen molar-refractivity contribution in [1.82, 2.24) is 0 Å². The van der Waals surface area contributed by atoms with Gasteiger partial charge in [0, 0.05) is 0 Å². The van der Waals surface area contributed by atoms with E-state index in [1.165, 1.54) is 0 Å². The second kappa shape index (κ2) is 6.23. The average molecular weight is 386 g/mol. The molecule has 4 nitrogen and oxygen atoms in total. The molecule has 1 atom stereocenters. The first-order valence-electron chi connectivity index (χ1n) is 5.58. The van der Waals surface area contributed by atoms with E-state index >= 15 is 0 Å². The molecule has 0 amide bonds. The molecule has 0 spiro atoms. The van der Waals surface area contributed by atoms with Gasteiger partial charge in [0.2, 0.25) is 9.84 Å². The van der Waals surface area contributed by atoms with Gasteiger partial charge in [-0.3, -0.25) is 0 Å². The molecule has 11 heteroatoms. The average Bonchev–Trinajstić information content (AvgIpc) is 2.42. The van der Waals surface area contributed by atoms with Gasteiger partial charge in [0.05, 0.1) is 14.7 Å². The van der Waals surface area contributed by atoms with E-state index in [1.807, 2.05) is 0 Å². The smallest absolute Gasteiger partial charge is 0.207 e. The fourth-order valence-electron chi connectivity index (χ4n) is 1.69. The number of thiol groups is 1. The molecule has 0 aromatic heterocycles. The SMILES string of the molecule is O=S(O)c1c(F)cc(S(=O)(=O)c2cc(F)c(S)c(F)c2)cc1F. The van der Waals surface area contributed by atoms with Crippen molar-refractivity contribution in [3.05, 3.63) is 47.5 Å². The number of hydrogen-bond acceptors (Lipinski definition) is 4. The van der Waals surface area contributed by atoms with Gasteiger partial charge in [-0.05, 0) is 24.3 Å². The van der Waals surface area contributed by atoms with Gasteiger partial charge in [-0.25, -0.2) is 30.2 Å². The van der Waals surface area contributed by atoms with Gasteiger partial charge in [-0.1, -0.05) is 0 Å². The van der Waals surface area contributed by atoms with Crippen molar-refractivity contribution < 1.29 is 34.7 Å². The van der Waals surface area contributed by atoms with E-state index in [9.17, 15) is 30.2 Å². The van der Waals surface area contributed by atoms with Crippen molar-refractivity contribution in [3.8, 4) is 0 Å². The Labute approximate surface area is 135 Å². The summed E-state index contributed by atoms with van der Waals surface area (Å²) in [6, 6.07) is 1.45. The number of hydrogen-bond donors (Lipinski definition) is 2. The van der Waals surface area contributed by atoms with Crippen LogP contribution in [0.2, 0.25) is 0 Å². The van der Waals surface area contributed by atoms with Crippen LogP contribution >= 0.6 is 12.6 Å². The lowest BCUT2D eigenvalue weighted by molar-refractivity contribution is 0.501. The zero-order valence-electron chi connectivity index (χ0n) is 10.8. The number of benzene rings is 2. The first kappa shape index (κ1) is 17.9. The van der Waals surface area contributed by atoms with Crippen molar-refractivity contribution in [1.29, 1.82) is 0 Å². The van der Waals surface area contributed by atoms with E-state index in [2.05, 4.69) is 12.6 Å². The Kier molecular flexibility index (Phi) is 4.85. The van der Waals surface area contributed by atoms with Gasteiger partial charge in [0.1, 0.15) is 28.2 Å². The Bertz CT molecular complexity index is 882. The molecule has 0 fully saturated rings. The lowest BCUT2D eigenvalue weighted by atomic mass is 10.3. The fourth-order valence-corrected chi connectivity index (χ4v) is 3.58. The molecule has 0 saturated carbocycles. The maximum Gasteiger partial charge on any atom is 0.207 e. The summed E-state index contributed by atoms with van der Waals surface area (Å²) in [5, 5.41) is 0. The molecule has 1 unspecified atom stereocenters. The largest absolute Gasteiger partial charge is 0.302 e. The van der Waals surface area contributed by atoms with E-state index in [4.69, 9.17) is 4.55 Å². The maximum absolute atomic E-state index is 13.6. The zero-order chi connectivity index (χ0) is 17.5. The number of rotatable bonds is 3. The van der Waals surface area contributed by atoms with Crippen LogP contribution in [0.4, 0.5) is 17.6 Å². The zero-order valence-corrected chi connectivity index (χ0v) is 13.3. The Morgan fingerprint density at radius 3 is 1.57 bits per heavy atom. The molecule has 0 aliphatic carbocycles. The third-order valence-corrected chi connectivity index (χ3v) is 5.64. The van der Waals surface area contributed by atoms with Crippen LogP contribution in [0.3, 0.4) is 0 Å². The first-order valence-corrected chi connectivity index (χ1v) is 8.62. The van der Waals surface area contributed by atoms with Crippen LogP contribution in [0.25, 0.3) is 0 Å². The van der Waals surface area contributed by atoms with Crippen LogP contribution in [0.15, 0.2) is 43.8 Å². The standard InChI is InChI=1S/C12H6F4O4S3/c13-7-1-5(2-8(14)11(7)21)23(19,20)6-3-9(15)12(22(17)18)10(16)4-6/h1-4,21H,(H,17,18). The highest BCUT2D eigenvalue weighted by atomic mass is 32.2. The van der Waals surface area contributed by atoms with E-state index in [0.717, 1.165) is 0 Å². The summed E-state index contributed by atoms with van der Waals surface area (Å²) in [7, 11) is -4.66. The van der Waals surface area contributed by atoms with Gasteiger partial charge in [0.25, 0.3) is 0 Å². The van der Waals surface area contributed by atoms with E-state index in [-0.39, 0.29) is 12.1 Å². The molecule has 0 bridgehead atoms. The Morgan fingerprint density at radius 2 is 1.22 bits per heavy atom. The predicted octanol–water partition coefficient (Wildman–Crippen LogP) is 2.95. The molecule has 0 aliphatic rings. The molecule has 2 aromatic carbocycles. The molecule has 1 N–H and O–H groups in total. The fraction of sp³-hybridized carbons (Fsp3) is 0. The first-order chi connectivity index (χ1) is 10.6. The lowest BCUT2D eigenvalue weighted by Crippen LogP contribution is -2.07. The molecule has 0 heterocycles. The van der Waals surface area contributed by atoms with E-state index in [1.54, 1.807) is 0 Å². The molecule has 0 aliphatic heterocycles. The minimum Gasteiger partial charge on any atom is -0.302 e. The lowest BCUT2D eigenvalue weighted by Gasteiger charge is -2.08. The van der Waals surface area contributed by atoms with Gasteiger partial charge < -0.3 is 4.55 Å². The summed E-state index contributed by atoms with van der Waals surface area (Å²) < 4.78 is 98.0. The Hall–Kier alpha value is -1.43. The summed E-state index contributed by atoms with van der Waals surface area (Å²) >= 11 is 0.467. The molecular weight excluding hydrogens is 380 g/mol. The highest BCUT2D eigenvalue weighted by molar-refractivity contribution is 7.91. The van der Waals surface area contributed by atoms with Crippen LogP contribution in [0.1, 0.15) is 0 Å². The molecule has 0 saturated heterocycles. The Balaban J connectivity index is 2.68. The summed E-state index contributed by atoms with van der Waals surface area (Å²) in [5.74, 6) is -5.73. The van der Waals surface area contributed by atoms with E-state index in [0.29, 0.717) is 12.1 Å². The number of halogens is 4. The monoisotopic (exact) mass is 386 g/mol. The van der Waals surface area contributed by atoms with Crippen LogP contribution in [0.5, 0.6) is 0 Å². The summed E-state index contributed by atoms with van der Waals surface area (Å²) in [6.07, 6.45) is 0. The summed E-state index contributed by atoms with van der Waals surface area (Å²) in [6.45, 7) is 0. The molecule has 124 valence electrons. The molecule has 0 radical (unpaired) electrons. The van der Waals surface area contributed by atoms with Crippen molar-refractivity contribution >= 4 is 33.5 Å². The predicted molar refractivity (Wildman–Crippen MR) is 74.5 cm³/mol. The van der Waals surface area contributed by atoms with Crippen molar-refractivity contribution in [3.63, 3.8) is 0 Å². The topological polar surface area (TPSA) is 71.4 Å². The molecule has 23 heavy (non-hydrogen) atoms. The number of sulfone groups is 1. The van der Waals surface area contributed by atoms with Crippen LogP contribution < -0.4 is 0 Å². The quantitative estimate of drug-likeness (QED) is 0.483. The minimum atomic E-state index is -4.66. The van der Waals surface area contributed by atoms with Crippen molar-refractivity contribution in [2.24, 2.45) is 0 Å². The van der Waals surface area contributed by atoms with Crippen molar-refractivity contribution in [2.45, 2.75) is 19.6 Å². The molecule has 2 aromatic rings. The van der Waals surface area contributed by atoms with Gasteiger partial charge >= 0.3 is 0 Å². The highest BCUT2D eigenvalue weighted by Gasteiger charge is 2.25. The molecule has 2 rings (SSSR count). The van der Waals surface area contributed by atoms with Crippen LogP contribution in [-0.4, -0.2) is 17.2 Å². The van der Waals surface area contributed by atoms with Crippen LogP contribution in [-0.2, 0) is 20.9 Å². The minimum absolute atomic E-state index is 0.284. The van der Waals surface area contributed by atoms with Crippen LogP contribution in [0, 0.1) is 23.3 Å². The second-order valence-electron chi connectivity index (χ2n) is 4.20. The maximum atomic E-state index is 13.6.